The fraction of sp³-hybridized carbons (Fsp3) is 0.394. The first-order chi connectivity index (χ1) is 20.1. The summed E-state index contributed by atoms with van der Waals surface area (Å²) in [7, 11) is 1.71. The maximum absolute atomic E-state index is 12.5. The van der Waals surface area contributed by atoms with Crippen LogP contribution in [-0.4, -0.2) is 55.3 Å². The van der Waals surface area contributed by atoms with E-state index in [1.54, 1.807) is 19.4 Å². The van der Waals surface area contributed by atoms with E-state index in [-0.39, 0.29) is 12.1 Å². The molecule has 0 aliphatic rings. The van der Waals surface area contributed by atoms with Gasteiger partial charge in [-0.15, -0.1) is 0 Å². The van der Waals surface area contributed by atoms with Crippen molar-refractivity contribution < 1.29 is 19.1 Å². The third-order valence-electron chi connectivity index (χ3n) is 6.72. The molecular weight excluding hydrogens is 544 g/mol. The summed E-state index contributed by atoms with van der Waals surface area (Å²) in [6, 6.07) is 15.8. The predicted octanol–water partition coefficient (Wildman–Crippen LogP) is 7.65. The number of aromatic nitrogens is 4. The molecule has 0 radical (unpaired) electrons. The molecule has 2 aromatic heterocycles. The van der Waals surface area contributed by atoms with Crippen LogP contribution < -0.4 is 5.32 Å². The van der Waals surface area contributed by atoms with Gasteiger partial charge in [-0.2, -0.15) is 0 Å². The van der Waals surface area contributed by atoms with E-state index in [9.17, 15) is 9.59 Å². The Morgan fingerprint density at radius 1 is 0.721 bits per heavy atom. The number of benzene rings is 2. The molecule has 10 nitrogen and oxygen atoms in total. The number of ether oxygens (including phenoxy) is 2. The van der Waals surface area contributed by atoms with Crippen molar-refractivity contribution in [1.29, 1.82) is 0 Å². The molecule has 2 amide bonds. The number of nitrogens with one attached hydrogen (secondary N) is 3. The minimum atomic E-state index is -0.566. The summed E-state index contributed by atoms with van der Waals surface area (Å²) in [5.41, 5.74) is 4.72. The molecule has 0 spiro atoms. The van der Waals surface area contributed by atoms with Crippen molar-refractivity contribution in [2.24, 2.45) is 0 Å². The number of imidazole rings is 2. The van der Waals surface area contributed by atoms with Crippen LogP contribution in [0.15, 0.2) is 60.9 Å². The van der Waals surface area contributed by atoms with E-state index in [2.05, 4.69) is 49.5 Å². The molecule has 4 rings (SSSR count). The molecule has 10 heteroatoms. The number of nitrogens with zero attached hydrogens (tertiary/aromatic N) is 3. The van der Waals surface area contributed by atoms with Crippen LogP contribution in [0.4, 0.5) is 9.59 Å². The molecule has 0 aliphatic heterocycles. The summed E-state index contributed by atoms with van der Waals surface area (Å²) in [4.78, 5) is 41.7. The number of rotatable bonds is 7. The summed E-state index contributed by atoms with van der Waals surface area (Å²) in [6.45, 7) is 14.8. The highest BCUT2D eigenvalue weighted by Gasteiger charge is 2.25. The second-order valence-corrected chi connectivity index (χ2v) is 12.7. The number of hydrogen-bond acceptors (Lipinski definition) is 6. The number of aromatic amines is 2. The first kappa shape index (κ1) is 31.3. The lowest BCUT2D eigenvalue weighted by Crippen LogP contribution is -2.36. The first-order valence-electron chi connectivity index (χ1n) is 14.4. The Morgan fingerprint density at radius 3 is 1.60 bits per heavy atom. The quantitative estimate of drug-likeness (QED) is 0.204. The van der Waals surface area contributed by atoms with Crippen molar-refractivity contribution in [2.45, 2.75) is 78.7 Å². The molecule has 3 N–H and O–H groups in total. The zero-order valence-electron chi connectivity index (χ0n) is 26.4. The minimum Gasteiger partial charge on any atom is -0.444 e. The van der Waals surface area contributed by atoms with E-state index in [0.717, 1.165) is 33.6 Å². The van der Waals surface area contributed by atoms with Crippen LogP contribution in [0.25, 0.3) is 33.6 Å². The Balaban J connectivity index is 1.39. The van der Waals surface area contributed by atoms with Gasteiger partial charge in [-0.05, 0) is 77.6 Å². The average Bonchev–Trinajstić information content (AvgIpc) is 3.61. The Bertz CT molecular complexity index is 1540. The molecular formula is C33H42N6O4. The number of carbonyl (C=O) groups is 2. The SMILES string of the molecule is C[C@H](NC(=O)OC(C)(C)C)c1ncc(-c2ccc(-c3ccc(-c4cnc([C@H](C)N(C)C(=O)OC(C)(C)C)[nH]4)cc3)cc2)[nH]1. The largest absolute Gasteiger partial charge is 0.444 e. The Hall–Kier alpha value is -4.60. The second kappa shape index (κ2) is 12.3. The van der Waals surface area contributed by atoms with Gasteiger partial charge < -0.3 is 29.7 Å². The molecule has 228 valence electrons. The van der Waals surface area contributed by atoms with Gasteiger partial charge in [0.25, 0.3) is 0 Å². The lowest BCUT2D eigenvalue weighted by Gasteiger charge is -2.27. The number of carbonyl (C=O) groups excluding carboxylic acids is 2. The van der Waals surface area contributed by atoms with E-state index < -0.39 is 23.4 Å². The summed E-state index contributed by atoms with van der Waals surface area (Å²) in [5.74, 6) is 1.33. The van der Waals surface area contributed by atoms with Crippen molar-refractivity contribution in [2.75, 3.05) is 7.05 Å². The summed E-state index contributed by atoms with van der Waals surface area (Å²) in [6.07, 6.45) is 2.66. The fourth-order valence-electron chi connectivity index (χ4n) is 4.31. The van der Waals surface area contributed by atoms with Gasteiger partial charge in [0.05, 0.1) is 35.9 Å². The Morgan fingerprint density at radius 2 is 1.14 bits per heavy atom. The van der Waals surface area contributed by atoms with Crippen LogP contribution in [0.5, 0.6) is 0 Å². The Kier molecular flexibility index (Phi) is 8.98. The topological polar surface area (TPSA) is 125 Å². The van der Waals surface area contributed by atoms with E-state index in [1.807, 2.05) is 79.7 Å². The number of alkyl carbamates (subject to hydrolysis) is 1. The van der Waals surface area contributed by atoms with Crippen LogP contribution >= 0.6 is 0 Å². The minimum absolute atomic E-state index is 0.281. The third-order valence-corrected chi connectivity index (χ3v) is 6.72. The number of H-pyrrole nitrogens is 2. The van der Waals surface area contributed by atoms with Gasteiger partial charge in [0, 0.05) is 7.05 Å². The lowest BCUT2D eigenvalue weighted by molar-refractivity contribution is 0.0227. The predicted molar refractivity (Wildman–Crippen MR) is 167 cm³/mol. The van der Waals surface area contributed by atoms with Crippen molar-refractivity contribution in [3.05, 3.63) is 72.6 Å². The van der Waals surface area contributed by atoms with Crippen molar-refractivity contribution >= 4 is 12.2 Å². The van der Waals surface area contributed by atoms with Gasteiger partial charge in [0.2, 0.25) is 0 Å². The fourth-order valence-corrected chi connectivity index (χ4v) is 4.31. The zero-order chi connectivity index (χ0) is 31.5. The molecule has 0 unspecified atom stereocenters. The van der Waals surface area contributed by atoms with Gasteiger partial charge in [0.15, 0.2) is 0 Å². The molecule has 0 fully saturated rings. The first-order valence-corrected chi connectivity index (χ1v) is 14.4. The highest BCUT2D eigenvalue weighted by molar-refractivity contribution is 5.72. The van der Waals surface area contributed by atoms with Gasteiger partial charge in [0.1, 0.15) is 22.9 Å². The van der Waals surface area contributed by atoms with Crippen molar-refractivity contribution in [1.82, 2.24) is 30.2 Å². The van der Waals surface area contributed by atoms with Gasteiger partial charge in [-0.3, -0.25) is 0 Å². The molecule has 0 bridgehead atoms. The highest BCUT2D eigenvalue weighted by atomic mass is 16.6. The number of amides is 2. The maximum atomic E-state index is 12.5. The normalized spacial score (nSPS) is 13.2. The zero-order valence-corrected chi connectivity index (χ0v) is 26.4. The standard InChI is InChI=1S/C33H42N6O4/c1-20(36-30(40)42-32(3,4)5)28-34-18-26(37-28)24-14-10-22(11-15-24)23-12-16-25(17-13-23)27-19-35-29(38-27)21(2)39(9)31(41)43-33(6,7)8/h10-21H,1-9H3,(H,34,37)(H,35,38)(H,36,40)/t20-,21-/m0/s1. The van der Waals surface area contributed by atoms with E-state index in [4.69, 9.17) is 9.47 Å². The Labute approximate surface area is 253 Å². The van der Waals surface area contributed by atoms with Gasteiger partial charge in [-0.1, -0.05) is 48.5 Å². The highest BCUT2D eigenvalue weighted by Crippen LogP contribution is 2.28. The van der Waals surface area contributed by atoms with Crippen LogP contribution in [0.2, 0.25) is 0 Å². The molecule has 0 saturated carbocycles. The molecule has 2 atom stereocenters. The van der Waals surface area contributed by atoms with Crippen molar-refractivity contribution in [3.8, 4) is 33.6 Å². The van der Waals surface area contributed by atoms with Crippen LogP contribution in [-0.2, 0) is 9.47 Å². The van der Waals surface area contributed by atoms with E-state index in [1.165, 1.54) is 4.90 Å². The molecule has 2 heterocycles. The molecule has 0 saturated heterocycles. The van der Waals surface area contributed by atoms with Crippen molar-refractivity contribution in [3.63, 3.8) is 0 Å². The third kappa shape index (κ3) is 8.24. The van der Waals surface area contributed by atoms with Gasteiger partial charge in [-0.25, -0.2) is 19.6 Å². The maximum Gasteiger partial charge on any atom is 0.410 e. The smallest absolute Gasteiger partial charge is 0.410 e. The summed E-state index contributed by atoms with van der Waals surface area (Å²) >= 11 is 0. The lowest BCUT2D eigenvalue weighted by atomic mass is 10.0. The monoisotopic (exact) mass is 586 g/mol. The average molecular weight is 587 g/mol. The summed E-state index contributed by atoms with van der Waals surface area (Å²) in [5, 5.41) is 2.81. The van der Waals surface area contributed by atoms with Crippen LogP contribution in [0.3, 0.4) is 0 Å². The number of hydrogen-bond donors (Lipinski definition) is 3. The van der Waals surface area contributed by atoms with Gasteiger partial charge >= 0.3 is 12.2 Å². The molecule has 2 aromatic carbocycles. The van der Waals surface area contributed by atoms with Crippen LogP contribution in [0.1, 0.15) is 79.1 Å². The molecule has 0 aliphatic carbocycles. The summed E-state index contributed by atoms with van der Waals surface area (Å²) < 4.78 is 10.8. The molecule has 43 heavy (non-hydrogen) atoms. The van der Waals surface area contributed by atoms with Crippen LogP contribution in [0, 0.1) is 0 Å². The van der Waals surface area contributed by atoms with E-state index in [0.29, 0.717) is 11.6 Å². The van der Waals surface area contributed by atoms with E-state index >= 15 is 0 Å². The molecule has 4 aromatic rings. The second-order valence-electron chi connectivity index (χ2n) is 12.7.